The van der Waals surface area contributed by atoms with Crippen molar-refractivity contribution >= 4 is 0 Å². The van der Waals surface area contributed by atoms with E-state index in [0.29, 0.717) is 0 Å². The van der Waals surface area contributed by atoms with E-state index in [-0.39, 0.29) is 25.2 Å². The number of piperidine rings is 1. The Labute approximate surface area is 110 Å². The van der Waals surface area contributed by atoms with E-state index in [9.17, 15) is 26.3 Å². The summed E-state index contributed by atoms with van der Waals surface area (Å²) < 4.78 is 83.7. The molecule has 1 aliphatic heterocycles. The molecule has 0 aromatic heterocycles. The predicted molar refractivity (Wildman–Crippen MR) is 57.8 cm³/mol. The average molecular weight is 299 g/mol. The summed E-state index contributed by atoms with van der Waals surface area (Å²) in [7, 11) is 0. The predicted octanol–water partition coefficient (Wildman–Crippen LogP) is 3.17. The van der Waals surface area contributed by atoms with Gasteiger partial charge < -0.3 is 10.1 Å². The van der Waals surface area contributed by atoms with Crippen LogP contribution in [0.3, 0.4) is 0 Å². The molecule has 112 valence electrons. The van der Waals surface area contributed by atoms with Crippen LogP contribution in [0.2, 0.25) is 0 Å². The van der Waals surface area contributed by atoms with Crippen LogP contribution in [0.5, 0.6) is 5.75 Å². The second-order valence-electron chi connectivity index (χ2n) is 4.54. The van der Waals surface area contributed by atoms with Gasteiger partial charge in [-0.25, -0.2) is 13.2 Å². The van der Waals surface area contributed by atoms with Crippen molar-refractivity contribution in [3.63, 3.8) is 0 Å². The second kappa shape index (κ2) is 5.16. The van der Waals surface area contributed by atoms with E-state index in [4.69, 9.17) is 0 Å². The molecule has 1 saturated heterocycles. The van der Waals surface area contributed by atoms with Crippen LogP contribution in [0.15, 0.2) is 12.1 Å². The number of rotatable bonds is 2. The van der Waals surface area contributed by atoms with E-state index in [2.05, 4.69) is 10.1 Å². The highest BCUT2D eigenvalue weighted by molar-refractivity contribution is 5.28. The molecule has 20 heavy (non-hydrogen) atoms. The molecule has 2 rings (SSSR count). The summed E-state index contributed by atoms with van der Waals surface area (Å²) in [5.41, 5.74) is -2.67. The molecule has 0 radical (unpaired) electrons. The lowest BCUT2D eigenvalue weighted by molar-refractivity contribution is -0.257. The maximum Gasteiger partial charge on any atom is 0.428 e. The normalized spacial score (nSPS) is 18.9. The van der Waals surface area contributed by atoms with Crippen LogP contribution in [0.1, 0.15) is 12.8 Å². The molecule has 0 unspecified atom stereocenters. The van der Waals surface area contributed by atoms with Gasteiger partial charge in [0.15, 0.2) is 17.4 Å². The van der Waals surface area contributed by atoms with Gasteiger partial charge in [0.25, 0.3) is 0 Å². The van der Waals surface area contributed by atoms with Gasteiger partial charge in [-0.2, -0.15) is 13.2 Å². The molecule has 0 atom stereocenters. The SMILES string of the molecule is Fc1cc(F)c(OC2(C(F)(F)F)CCNCC2)c(F)c1. The van der Waals surface area contributed by atoms with Gasteiger partial charge in [-0.05, 0) is 13.1 Å². The summed E-state index contributed by atoms with van der Waals surface area (Å²) in [6.45, 7) is 0.00782. The average Bonchev–Trinajstić information content (AvgIpc) is 2.33. The molecule has 0 spiro atoms. The smallest absolute Gasteiger partial charge is 0.428 e. The largest absolute Gasteiger partial charge is 0.471 e. The van der Waals surface area contributed by atoms with Crippen LogP contribution in [0, 0.1) is 17.5 Å². The summed E-state index contributed by atoms with van der Waals surface area (Å²) in [6.07, 6.45) is -5.75. The monoisotopic (exact) mass is 299 g/mol. The van der Waals surface area contributed by atoms with Gasteiger partial charge in [-0.15, -0.1) is 0 Å². The fourth-order valence-electron chi connectivity index (χ4n) is 2.10. The Hall–Kier alpha value is -1.44. The van der Waals surface area contributed by atoms with Crippen LogP contribution >= 0.6 is 0 Å². The Morgan fingerprint density at radius 2 is 1.50 bits per heavy atom. The third kappa shape index (κ3) is 2.70. The maximum atomic E-state index is 13.4. The molecule has 0 bridgehead atoms. The highest BCUT2D eigenvalue weighted by atomic mass is 19.4. The molecule has 1 heterocycles. The molecule has 1 aromatic carbocycles. The van der Waals surface area contributed by atoms with Crippen LogP contribution < -0.4 is 10.1 Å². The molecule has 1 N–H and O–H groups in total. The summed E-state index contributed by atoms with van der Waals surface area (Å²) in [5, 5.41) is 2.71. The Kier molecular flexibility index (Phi) is 3.86. The van der Waals surface area contributed by atoms with Gasteiger partial charge in [-0.3, -0.25) is 0 Å². The zero-order valence-electron chi connectivity index (χ0n) is 10.2. The van der Waals surface area contributed by atoms with Crippen molar-refractivity contribution in [3.05, 3.63) is 29.6 Å². The van der Waals surface area contributed by atoms with Gasteiger partial charge in [0.2, 0.25) is 5.60 Å². The standard InChI is InChI=1S/C12H11F6NO/c13-7-5-8(14)10(9(15)6-7)20-11(12(16,17)18)1-3-19-4-2-11/h5-6,19H,1-4H2. The van der Waals surface area contributed by atoms with E-state index >= 15 is 0 Å². The number of hydrogen-bond acceptors (Lipinski definition) is 2. The van der Waals surface area contributed by atoms with Gasteiger partial charge in [0.1, 0.15) is 5.82 Å². The first-order valence-corrected chi connectivity index (χ1v) is 5.86. The molecule has 0 saturated carbocycles. The van der Waals surface area contributed by atoms with Crippen LogP contribution in [-0.2, 0) is 0 Å². The molecule has 2 nitrogen and oxygen atoms in total. The van der Waals surface area contributed by atoms with E-state index in [1.54, 1.807) is 0 Å². The quantitative estimate of drug-likeness (QED) is 0.847. The van der Waals surface area contributed by atoms with Crippen LogP contribution in [0.25, 0.3) is 0 Å². The molecule has 1 fully saturated rings. The number of ether oxygens (including phenoxy) is 1. The number of hydrogen-bond donors (Lipinski definition) is 1. The number of nitrogens with one attached hydrogen (secondary N) is 1. The lowest BCUT2D eigenvalue weighted by Crippen LogP contribution is -2.56. The van der Waals surface area contributed by atoms with Crippen molar-refractivity contribution in [2.75, 3.05) is 13.1 Å². The molecular formula is C12H11F6NO. The lowest BCUT2D eigenvalue weighted by atomic mass is 9.91. The first-order chi connectivity index (χ1) is 9.25. The second-order valence-corrected chi connectivity index (χ2v) is 4.54. The zero-order chi connectivity index (χ0) is 15.0. The van der Waals surface area contributed by atoms with E-state index in [1.165, 1.54) is 0 Å². The zero-order valence-corrected chi connectivity index (χ0v) is 10.2. The van der Waals surface area contributed by atoms with Crippen molar-refractivity contribution in [1.82, 2.24) is 5.32 Å². The minimum atomic E-state index is -4.79. The topological polar surface area (TPSA) is 21.3 Å². The highest BCUT2D eigenvalue weighted by Crippen LogP contribution is 2.42. The molecule has 0 amide bonds. The number of halogens is 6. The summed E-state index contributed by atoms with van der Waals surface area (Å²) in [6, 6.07) is 0.563. The van der Waals surface area contributed by atoms with Crippen LogP contribution in [-0.4, -0.2) is 24.9 Å². The summed E-state index contributed by atoms with van der Waals surface area (Å²) in [5.74, 6) is -5.42. The van der Waals surface area contributed by atoms with Gasteiger partial charge in [0, 0.05) is 25.0 Å². The third-order valence-electron chi connectivity index (χ3n) is 3.19. The van der Waals surface area contributed by atoms with Crippen LogP contribution in [0.4, 0.5) is 26.3 Å². The van der Waals surface area contributed by atoms with Crippen molar-refractivity contribution in [2.45, 2.75) is 24.6 Å². The van der Waals surface area contributed by atoms with E-state index in [0.717, 1.165) is 0 Å². The van der Waals surface area contributed by atoms with Gasteiger partial charge >= 0.3 is 6.18 Å². The van der Waals surface area contributed by atoms with Gasteiger partial charge in [-0.1, -0.05) is 0 Å². The summed E-state index contributed by atoms with van der Waals surface area (Å²) >= 11 is 0. The Balaban J connectivity index is 2.39. The summed E-state index contributed by atoms with van der Waals surface area (Å²) in [4.78, 5) is 0. The van der Waals surface area contributed by atoms with Crippen molar-refractivity contribution < 1.29 is 31.1 Å². The Morgan fingerprint density at radius 3 is 1.95 bits per heavy atom. The fraction of sp³-hybridized carbons (Fsp3) is 0.500. The molecule has 8 heteroatoms. The Bertz CT molecular complexity index is 472. The maximum absolute atomic E-state index is 13.4. The molecular weight excluding hydrogens is 288 g/mol. The number of benzene rings is 1. The minimum absolute atomic E-state index is 0.00391. The number of alkyl halides is 3. The molecule has 0 aliphatic carbocycles. The van der Waals surface area contributed by atoms with Crippen molar-refractivity contribution in [1.29, 1.82) is 0 Å². The molecule has 1 aliphatic rings. The van der Waals surface area contributed by atoms with Crippen molar-refractivity contribution in [2.24, 2.45) is 0 Å². The third-order valence-corrected chi connectivity index (χ3v) is 3.19. The fourth-order valence-corrected chi connectivity index (χ4v) is 2.10. The van der Waals surface area contributed by atoms with Gasteiger partial charge in [0.05, 0.1) is 0 Å². The lowest BCUT2D eigenvalue weighted by Gasteiger charge is -2.39. The van der Waals surface area contributed by atoms with E-state index < -0.39 is 47.8 Å². The first kappa shape index (κ1) is 15.0. The van der Waals surface area contributed by atoms with Crippen molar-refractivity contribution in [3.8, 4) is 5.75 Å². The first-order valence-electron chi connectivity index (χ1n) is 5.86. The Morgan fingerprint density at radius 1 is 1.00 bits per heavy atom. The molecule has 1 aromatic rings. The minimum Gasteiger partial charge on any atom is -0.471 e. The highest BCUT2D eigenvalue weighted by Gasteiger charge is 2.58. The van der Waals surface area contributed by atoms with E-state index in [1.807, 2.05) is 0 Å².